The van der Waals surface area contributed by atoms with Crippen LogP contribution in [0, 0.1) is 6.92 Å². The molecule has 0 aliphatic carbocycles. The van der Waals surface area contributed by atoms with E-state index in [1.807, 2.05) is 43.3 Å². The van der Waals surface area contributed by atoms with Crippen molar-refractivity contribution in [1.82, 2.24) is 0 Å². The second kappa shape index (κ2) is 7.67. The quantitative estimate of drug-likeness (QED) is 0.697. The monoisotopic (exact) mass is 356 g/mol. The Kier molecular flexibility index (Phi) is 4.93. The van der Waals surface area contributed by atoms with E-state index in [1.165, 1.54) is 23.2 Å². The van der Waals surface area contributed by atoms with Gasteiger partial charge in [-0.3, -0.25) is 4.79 Å². The number of aryl methyl sites for hydroxylation is 2. The van der Waals surface area contributed by atoms with Gasteiger partial charge in [-0.1, -0.05) is 48.5 Å². The number of hydrogen-bond acceptors (Lipinski definition) is 2. The lowest BCUT2D eigenvalue weighted by Gasteiger charge is -2.31. The summed E-state index contributed by atoms with van der Waals surface area (Å²) in [5, 5.41) is 2.99. The van der Waals surface area contributed by atoms with Gasteiger partial charge in [0, 0.05) is 30.0 Å². The van der Waals surface area contributed by atoms with E-state index >= 15 is 0 Å². The van der Waals surface area contributed by atoms with Crippen LogP contribution in [0.25, 0.3) is 0 Å². The highest BCUT2D eigenvalue weighted by Gasteiger charge is 2.16. The maximum Gasteiger partial charge on any atom is 0.255 e. The largest absolute Gasteiger partial charge is 0.367 e. The maximum atomic E-state index is 12.5. The molecule has 1 aliphatic rings. The molecule has 27 heavy (non-hydrogen) atoms. The van der Waals surface area contributed by atoms with Crippen molar-refractivity contribution in [3.8, 4) is 0 Å². The van der Waals surface area contributed by atoms with Gasteiger partial charge in [0.25, 0.3) is 5.91 Å². The van der Waals surface area contributed by atoms with Gasteiger partial charge in [0.2, 0.25) is 0 Å². The molecule has 0 atom stereocenters. The highest BCUT2D eigenvalue weighted by molar-refractivity contribution is 6.04. The van der Waals surface area contributed by atoms with Gasteiger partial charge >= 0.3 is 0 Å². The Morgan fingerprint density at radius 3 is 2.52 bits per heavy atom. The molecule has 1 aliphatic heterocycles. The predicted molar refractivity (Wildman–Crippen MR) is 111 cm³/mol. The van der Waals surface area contributed by atoms with Crippen molar-refractivity contribution in [2.75, 3.05) is 16.8 Å². The smallest absolute Gasteiger partial charge is 0.255 e. The number of carbonyl (C=O) groups is 1. The first-order valence-electron chi connectivity index (χ1n) is 9.49. The summed E-state index contributed by atoms with van der Waals surface area (Å²) in [5.41, 5.74) is 6.59. The molecule has 0 bridgehead atoms. The van der Waals surface area contributed by atoms with Crippen LogP contribution in [-0.2, 0) is 13.0 Å². The van der Waals surface area contributed by atoms with Crippen LogP contribution >= 0.6 is 0 Å². The number of rotatable bonds is 4. The normalized spacial score (nSPS) is 13.1. The van der Waals surface area contributed by atoms with Gasteiger partial charge in [0.05, 0.1) is 0 Å². The van der Waals surface area contributed by atoms with Crippen molar-refractivity contribution in [2.45, 2.75) is 26.3 Å². The fourth-order valence-electron chi connectivity index (χ4n) is 3.67. The summed E-state index contributed by atoms with van der Waals surface area (Å²) >= 11 is 0. The van der Waals surface area contributed by atoms with E-state index in [2.05, 4.69) is 46.6 Å². The molecule has 0 fully saturated rings. The fraction of sp³-hybridized carbons (Fsp3) is 0.208. The van der Waals surface area contributed by atoms with Crippen molar-refractivity contribution < 1.29 is 4.79 Å². The molecule has 136 valence electrons. The molecule has 3 heteroatoms. The second-order valence-corrected chi connectivity index (χ2v) is 7.12. The van der Waals surface area contributed by atoms with Crippen LogP contribution in [0.5, 0.6) is 0 Å². The third-order valence-electron chi connectivity index (χ3n) is 5.19. The van der Waals surface area contributed by atoms with Gasteiger partial charge in [-0.25, -0.2) is 0 Å². The SMILES string of the molecule is Cc1ccccc1NC(=O)c1ccc(CN2CCCc3ccccc32)cc1. The van der Waals surface area contributed by atoms with E-state index in [-0.39, 0.29) is 5.91 Å². The van der Waals surface area contributed by atoms with Gasteiger partial charge in [-0.05, 0) is 60.7 Å². The zero-order chi connectivity index (χ0) is 18.6. The van der Waals surface area contributed by atoms with Crippen LogP contribution in [0.1, 0.15) is 33.5 Å². The average molecular weight is 356 g/mol. The van der Waals surface area contributed by atoms with Gasteiger partial charge in [0.1, 0.15) is 0 Å². The van der Waals surface area contributed by atoms with E-state index in [9.17, 15) is 4.79 Å². The highest BCUT2D eigenvalue weighted by Crippen LogP contribution is 2.28. The van der Waals surface area contributed by atoms with Crippen LogP contribution in [0.15, 0.2) is 72.8 Å². The summed E-state index contributed by atoms with van der Waals surface area (Å²) in [6.07, 6.45) is 2.35. The topological polar surface area (TPSA) is 32.3 Å². The van der Waals surface area contributed by atoms with Gasteiger partial charge < -0.3 is 10.2 Å². The summed E-state index contributed by atoms with van der Waals surface area (Å²) < 4.78 is 0. The molecular formula is C24H24N2O. The first-order valence-corrected chi connectivity index (χ1v) is 9.49. The number of carbonyl (C=O) groups excluding carboxylic acids is 1. The van der Waals surface area contributed by atoms with Crippen molar-refractivity contribution in [1.29, 1.82) is 0 Å². The number of amides is 1. The van der Waals surface area contributed by atoms with Crippen LogP contribution in [0.4, 0.5) is 11.4 Å². The lowest BCUT2D eigenvalue weighted by molar-refractivity contribution is 0.102. The minimum Gasteiger partial charge on any atom is -0.367 e. The predicted octanol–water partition coefficient (Wildman–Crippen LogP) is 5.20. The molecule has 4 rings (SSSR count). The minimum absolute atomic E-state index is 0.0702. The molecule has 3 aromatic rings. The molecule has 0 aromatic heterocycles. The molecular weight excluding hydrogens is 332 g/mol. The summed E-state index contributed by atoms with van der Waals surface area (Å²) in [4.78, 5) is 14.9. The van der Waals surface area contributed by atoms with E-state index in [4.69, 9.17) is 0 Å². The van der Waals surface area contributed by atoms with E-state index in [0.717, 1.165) is 30.8 Å². The molecule has 0 spiro atoms. The lowest BCUT2D eigenvalue weighted by atomic mass is 10.0. The molecule has 3 aromatic carbocycles. The van der Waals surface area contributed by atoms with Crippen molar-refractivity contribution in [3.05, 3.63) is 95.1 Å². The van der Waals surface area contributed by atoms with Crippen LogP contribution in [0.3, 0.4) is 0 Å². The lowest BCUT2D eigenvalue weighted by Crippen LogP contribution is -2.28. The molecule has 0 radical (unpaired) electrons. The molecule has 0 saturated carbocycles. The van der Waals surface area contributed by atoms with Crippen molar-refractivity contribution >= 4 is 17.3 Å². The molecule has 1 heterocycles. The molecule has 1 amide bonds. The Labute approximate surface area is 160 Å². The summed E-state index contributed by atoms with van der Waals surface area (Å²) in [6.45, 7) is 3.94. The van der Waals surface area contributed by atoms with Crippen LogP contribution in [0.2, 0.25) is 0 Å². The summed E-state index contributed by atoms with van der Waals surface area (Å²) in [7, 11) is 0. The first kappa shape index (κ1) is 17.3. The zero-order valence-electron chi connectivity index (χ0n) is 15.6. The number of fused-ring (bicyclic) bond motifs is 1. The Balaban J connectivity index is 1.45. The van der Waals surface area contributed by atoms with E-state index in [0.29, 0.717) is 5.56 Å². The maximum absolute atomic E-state index is 12.5. The van der Waals surface area contributed by atoms with E-state index < -0.39 is 0 Å². The molecule has 3 nitrogen and oxygen atoms in total. The Bertz CT molecular complexity index is 947. The number of nitrogens with one attached hydrogen (secondary N) is 1. The van der Waals surface area contributed by atoms with Crippen molar-refractivity contribution in [2.24, 2.45) is 0 Å². The second-order valence-electron chi connectivity index (χ2n) is 7.12. The minimum atomic E-state index is -0.0702. The summed E-state index contributed by atoms with van der Waals surface area (Å²) in [5.74, 6) is -0.0702. The highest BCUT2D eigenvalue weighted by atomic mass is 16.1. The first-order chi connectivity index (χ1) is 13.2. The van der Waals surface area contributed by atoms with Crippen LogP contribution in [-0.4, -0.2) is 12.5 Å². The molecule has 0 saturated heterocycles. The molecule has 0 unspecified atom stereocenters. The van der Waals surface area contributed by atoms with Gasteiger partial charge in [-0.15, -0.1) is 0 Å². The summed E-state index contributed by atoms with van der Waals surface area (Å²) in [6, 6.07) is 24.4. The number of hydrogen-bond donors (Lipinski definition) is 1. The Morgan fingerprint density at radius 1 is 0.963 bits per heavy atom. The molecule has 1 N–H and O–H groups in total. The number of nitrogens with zero attached hydrogens (tertiary/aromatic N) is 1. The van der Waals surface area contributed by atoms with Gasteiger partial charge in [0.15, 0.2) is 0 Å². The number of para-hydroxylation sites is 2. The number of anilines is 2. The van der Waals surface area contributed by atoms with E-state index in [1.54, 1.807) is 0 Å². The van der Waals surface area contributed by atoms with Crippen molar-refractivity contribution in [3.63, 3.8) is 0 Å². The Morgan fingerprint density at radius 2 is 1.70 bits per heavy atom. The third kappa shape index (κ3) is 3.87. The van der Waals surface area contributed by atoms with Gasteiger partial charge in [-0.2, -0.15) is 0 Å². The zero-order valence-corrected chi connectivity index (χ0v) is 15.6. The Hall–Kier alpha value is -3.07. The fourth-order valence-corrected chi connectivity index (χ4v) is 3.67. The van der Waals surface area contributed by atoms with Crippen LogP contribution < -0.4 is 10.2 Å². The standard InChI is InChI=1S/C24H24N2O/c1-18-7-2-4-10-22(18)25-24(27)21-14-12-19(13-15-21)17-26-16-6-9-20-8-3-5-11-23(20)26/h2-5,7-8,10-15H,6,9,16-17H2,1H3,(H,25,27). The number of benzene rings is 3. The third-order valence-corrected chi connectivity index (χ3v) is 5.19. The average Bonchev–Trinajstić information content (AvgIpc) is 2.70.